The van der Waals surface area contributed by atoms with Crippen LogP contribution in [0, 0.1) is 5.41 Å². The smallest absolute Gasteiger partial charge is 0.319 e. The molecule has 1 heterocycles. The van der Waals surface area contributed by atoms with E-state index in [1.807, 2.05) is 0 Å². The van der Waals surface area contributed by atoms with Gasteiger partial charge in [0.05, 0.1) is 11.2 Å². The summed E-state index contributed by atoms with van der Waals surface area (Å²) in [6, 6.07) is 0. The highest BCUT2D eigenvalue weighted by Gasteiger charge is 2.41. The molecule has 2 N–H and O–H groups in total. The van der Waals surface area contributed by atoms with E-state index in [9.17, 15) is 9.59 Å². The van der Waals surface area contributed by atoms with Crippen molar-refractivity contribution in [3.05, 3.63) is 16.6 Å². The second kappa shape index (κ2) is 4.39. The number of carboxylic acid groups (broad SMARTS) is 1. The molecule has 1 rings (SSSR count). The van der Waals surface area contributed by atoms with Crippen LogP contribution in [0.3, 0.4) is 0 Å². The third-order valence-corrected chi connectivity index (χ3v) is 2.85. The third-order valence-electron chi connectivity index (χ3n) is 2.22. The average molecular weight is 228 g/mol. The van der Waals surface area contributed by atoms with Gasteiger partial charge in [-0.1, -0.05) is 0 Å². The molecule has 0 aliphatic rings. The minimum atomic E-state index is -1.46. The fraction of sp³-hybridized carbons (Fsp3) is 0.444. The Kier molecular flexibility index (Phi) is 3.41. The number of hydrogen-bond acceptors (Lipinski definition) is 4. The first-order valence-electron chi connectivity index (χ1n) is 4.33. The van der Waals surface area contributed by atoms with Gasteiger partial charge in [-0.3, -0.25) is 9.59 Å². The van der Waals surface area contributed by atoms with Gasteiger partial charge in [-0.25, -0.2) is 4.98 Å². The van der Waals surface area contributed by atoms with Gasteiger partial charge in [0, 0.05) is 18.8 Å². The number of aliphatic carboxylic acids is 1. The van der Waals surface area contributed by atoms with Crippen LogP contribution in [-0.2, 0) is 16.0 Å². The minimum absolute atomic E-state index is 0.103. The number of aromatic nitrogens is 1. The molecule has 1 aromatic rings. The summed E-state index contributed by atoms with van der Waals surface area (Å²) >= 11 is 1.38. The highest BCUT2D eigenvalue weighted by Crippen LogP contribution is 2.23. The molecule has 1 amide bonds. The summed E-state index contributed by atoms with van der Waals surface area (Å²) < 4.78 is 0. The molecule has 1 unspecified atom stereocenters. The Labute approximate surface area is 91.1 Å². The Morgan fingerprint density at radius 3 is 2.73 bits per heavy atom. The number of carboxylic acids is 1. The molecule has 0 spiro atoms. The first-order chi connectivity index (χ1) is 7.00. The molecular formula is C9H12N2O3S. The Morgan fingerprint density at radius 2 is 2.33 bits per heavy atom. The van der Waals surface area contributed by atoms with E-state index in [2.05, 4.69) is 10.3 Å². The minimum Gasteiger partial charge on any atom is -0.480 e. The summed E-state index contributed by atoms with van der Waals surface area (Å²) in [5.74, 6) is -1.65. The van der Waals surface area contributed by atoms with Gasteiger partial charge in [-0.05, 0) is 6.92 Å². The predicted octanol–water partition coefficient (Wildman–Crippen LogP) is 0.522. The van der Waals surface area contributed by atoms with Crippen LogP contribution in [0.5, 0.6) is 0 Å². The van der Waals surface area contributed by atoms with Gasteiger partial charge in [0.15, 0.2) is 0 Å². The number of nitrogens with zero attached hydrogens (tertiary/aromatic N) is 1. The molecule has 1 atom stereocenters. The average Bonchev–Trinajstić information content (AvgIpc) is 2.68. The maximum Gasteiger partial charge on any atom is 0.319 e. The lowest BCUT2D eigenvalue weighted by Crippen LogP contribution is -2.44. The molecule has 6 heteroatoms. The van der Waals surface area contributed by atoms with Crippen molar-refractivity contribution in [3.63, 3.8) is 0 Å². The number of carbonyl (C=O) groups excluding carboxylic acids is 1. The van der Waals surface area contributed by atoms with Crippen LogP contribution in [0.15, 0.2) is 10.9 Å². The standard InChI is InChI=1S/C9H12N2O3S/c1-9(8(13)14,7(12)10-2)3-6-4-15-5-11-6/h4-5H,3H2,1-2H3,(H,10,12)(H,13,14). The maximum absolute atomic E-state index is 11.5. The number of rotatable bonds is 4. The van der Waals surface area contributed by atoms with Gasteiger partial charge < -0.3 is 10.4 Å². The van der Waals surface area contributed by atoms with Crippen LogP contribution in [-0.4, -0.2) is 29.0 Å². The molecule has 0 fully saturated rings. The molecule has 1 aromatic heterocycles. The topological polar surface area (TPSA) is 79.3 Å². The molecule has 0 saturated heterocycles. The number of thiazole rings is 1. The SMILES string of the molecule is CNC(=O)C(C)(Cc1cscn1)C(=O)O. The van der Waals surface area contributed by atoms with Crippen molar-refractivity contribution in [1.82, 2.24) is 10.3 Å². The summed E-state index contributed by atoms with van der Waals surface area (Å²) in [5, 5.41) is 13.1. The Morgan fingerprint density at radius 1 is 1.67 bits per heavy atom. The van der Waals surface area contributed by atoms with Gasteiger partial charge >= 0.3 is 5.97 Å². The molecule has 0 aromatic carbocycles. The molecular weight excluding hydrogens is 216 g/mol. The van der Waals surface area contributed by atoms with E-state index in [-0.39, 0.29) is 6.42 Å². The van der Waals surface area contributed by atoms with E-state index >= 15 is 0 Å². The summed E-state index contributed by atoms with van der Waals surface area (Å²) in [7, 11) is 1.42. The van der Waals surface area contributed by atoms with E-state index in [0.29, 0.717) is 5.69 Å². The summed E-state index contributed by atoms with van der Waals surface area (Å²) in [6.07, 6.45) is 0.103. The van der Waals surface area contributed by atoms with E-state index in [0.717, 1.165) is 0 Å². The molecule has 15 heavy (non-hydrogen) atoms. The number of carbonyl (C=O) groups is 2. The van der Waals surface area contributed by atoms with Gasteiger partial charge in [-0.15, -0.1) is 11.3 Å². The van der Waals surface area contributed by atoms with Crippen molar-refractivity contribution >= 4 is 23.2 Å². The van der Waals surface area contributed by atoms with Gasteiger partial charge in [0.1, 0.15) is 5.41 Å². The predicted molar refractivity (Wildman–Crippen MR) is 55.6 cm³/mol. The third kappa shape index (κ3) is 2.33. The lowest BCUT2D eigenvalue weighted by atomic mass is 9.85. The van der Waals surface area contributed by atoms with Crippen LogP contribution >= 0.6 is 11.3 Å². The second-order valence-electron chi connectivity index (χ2n) is 3.37. The molecule has 0 aliphatic heterocycles. The molecule has 0 saturated carbocycles. The van der Waals surface area contributed by atoms with Gasteiger partial charge in [0.25, 0.3) is 0 Å². The van der Waals surface area contributed by atoms with Crippen LogP contribution < -0.4 is 5.32 Å². The zero-order valence-corrected chi connectivity index (χ0v) is 9.30. The summed E-state index contributed by atoms with van der Waals surface area (Å²) in [6.45, 7) is 1.40. The van der Waals surface area contributed by atoms with Crippen molar-refractivity contribution in [1.29, 1.82) is 0 Å². The van der Waals surface area contributed by atoms with Crippen molar-refractivity contribution < 1.29 is 14.7 Å². The zero-order valence-electron chi connectivity index (χ0n) is 8.48. The second-order valence-corrected chi connectivity index (χ2v) is 4.09. The Hall–Kier alpha value is -1.43. The van der Waals surface area contributed by atoms with Gasteiger partial charge in [0.2, 0.25) is 5.91 Å². The summed E-state index contributed by atoms with van der Waals surface area (Å²) in [5.41, 5.74) is 0.776. The van der Waals surface area contributed by atoms with E-state index in [1.165, 1.54) is 25.3 Å². The Bertz CT molecular complexity index is 363. The quantitative estimate of drug-likeness (QED) is 0.736. The van der Waals surface area contributed by atoms with E-state index < -0.39 is 17.3 Å². The maximum atomic E-state index is 11.5. The number of nitrogens with one attached hydrogen (secondary N) is 1. The summed E-state index contributed by atoms with van der Waals surface area (Å²) in [4.78, 5) is 26.5. The van der Waals surface area contributed by atoms with Crippen LogP contribution in [0.1, 0.15) is 12.6 Å². The van der Waals surface area contributed by atoms with Crippen LogP contribution in [0.2, 0.25) is 0 Å². The normalized spacial score (nSPS) is 14.3. The highest BCUT2D eigenvalue weighted by molar-refractivity contribution is 7.07. The molecule has 0 bridgehead atoms. The molecule has 5 nitrogen and oxygen atoms in total. The molecule has 0 aliphatic carbocycles. The van der Waals surface area contributed by atoms with E-state index in [1.54, 1.807) is 10.9 Å². The van der Waals surface area contributed by atoms with E-state index in [4.69, 9.17) is 5.11 Å². The van der Waals surface area contributed by atoms with Crippen LogP contribution in [0.25, 0.3) is 0 Å². The fourth-order valence-electron chi connectivity index (χ4n) is 1.22. The van der Waals surface area contributed by atoms with Gasteiger partial charge in [-0.2, -0.15) is 0 Å². The van der Waals surface area contributed by atoms with Crippen molar-refractivity contribution in [3.8, 4) is 0 Å². The number of hydrogen-bond donors (Lipinski definition) is 2. The van der Waals surface area contributed by atoms with Crippen LogP contribution in [0.4, 0.5) is 0 Å². The first-order valence-corrected chi connectivity index (χ1v) is 5.27. The van der Waals surface area contributed by atoms with Crippen molar-refractivity contribution in [2.24, 2.45) is 5.41 Å². The fourth-order valence-corrected chi connectivity index (χ4v) is 1.77. The Balaban J connectivity index is 2.92. The van der Waals surface area contributed by atoms with Crippen molar-refractivity contribution in [2.75, 3.05) is 7.05 Å². The largest absolute Gasteiger partial charge is 0.480 e. The first kappa shape index (κ1) is 11.6. The van der Waals surface area contributed by atoms with Crippen molar-refractivity contribution in [2.45, 2.75) is 13.3 Å². The lowest BCUT2D eigenvalue weighted by Gasteiger charge is -2.21. The molecule has 82 valence electrons. The highest BCUT2D eigenvalue weighted by atomic mass is 32.1. The molecule has 0 radical (unpaired) electrons. The number of amides is 1. The lowest BCUT2D eigenvalue weighted by molar-refractivity contribution is -0.154. The zero-order chi connectivity index (χ0) is 11.5. The monoisotopic (exact) mass is 228 g/mol.